The molecule has 0 unspecified atom stereocenters. The molecular weight excluding hydrogens is 383 g/mol. The van der Waals surface area contributed by atoms with Crippen LogP contribution in [0.15, 0.2) is 48.9 Å². The van der Waals surface area contributed by atoms with Gasteiger partial charge in [-0.3, -0.25) is 9.69 Å². The van der Waals surface area contributed by atoms with Crippen molar-refractivity contribution in [1.29, 1.82) is 0 Å². The summed E-state index contributed by atoms with van der Waals surface area (Å²) in [5.74, 6) is 0.498. The number of nitrogens with zero attached hydrogens (tertiary/aromatic N) is 3. The van der Waals surface area contributed by atoms with Gasteiger partial charge in [0.15, 0.2) is 0 Å². The lowest BCUT2D eigenvalue weighted by Crippen LogP contribution is -2.42. The number of fused-ring (bicyclic) bond motifs is 1. The predicted octanol–water partition coefficient (Wildman–Crippen LogP) is 2.70. The predicted molar refractivity (Wildman–Crippen MR) is 100.0 cm³/mol. The molecule has 0 radical (unpaired) electrons. The minimum absolute atomic E-state index is 0.0156. The summed E-state index contributed by atoms with van der Waals surface area (Å²) in [5, 5.41) is 2.94. The molecule has 0 aromatic carbocycles. The number of nitrogens with one attached hydrogen (secondary N) is 2. The minimum atomic E-state index is -4.36. The van der Waals surface area contributed by atoms with E-state index in [2.05, 4.69) is 15.3 Å². The van der Waals surface area contributed by atoms with Crippen LogP contribution in [0.2, 0.25) is 0 Å². The summed E-state index contributed by atoms with van der Waals surface area (Å²) in [6.45, 7) is 1.58. The van der Waals surface area contributed by atoms with E-state index < -0.39 is 11.7 Å². The van der Waals surface area contributed by atoms with Gasteiger partial charge >= 0.3 is 6.18 Å². The number of piperidine rings is 1. The number of hydrogen-bond donors (Lipinski definition) is 1. The van der Waals surface area contributed by atoms with Gasteiger partial charge in [0, 0.05) is 24.4 Å². The van der Waals surface area contributed by atoms with Crippen LogP contribution >= 0.6 is 0 Å². The topological polar surface area (TPSA) is 63.8 Å². The molecule has 0 bridgehead atoms. The van der Waals surface area contributed by atoms with Crippen LogP contribution in [0.4, 0.5) is 19.0 Å². The highest BCUT2D eigenvalue weighted by atomic mass is 19.4. The molecule has 1 aliphatic heterocycles. The number of carbonyl (C=O) groups is 1. The van der Waals surface area contributed by atoms with Gasteiger partial charge in [-0.15, -0.1) is 0 Å². The third-order valence-electron chi connectivity index (χ3n) is 5.19. The van der Waals surface area contributed by atoms with Gasteiger partial charge in [-0.25, -0.2) is 9.97 Å². The van der Waals surface area contributed by atoms with Gasteiger partial charge in [-0.1, -0.05) is 6.07 Å². The molecule has 3 aromatic heterocycles. The average Bonchev–Trinajstić information content (AvgIpc) is 3.15. The van der Waals surface area contributed by atoms with Gasteiger partial charge in [-0.05, 0) is 31.0 Å². The van der Waals surface area contributed by atoms with Crippen molar-refractivity contribution in [1.82, 2.24) is 14.7 Å². The summed E-state index contributed by atoms with van der Waals surface area (Å²) < 4.78 is 39.9. The Balaban J connectivity index is 1.29. The third-order valence-corrected chi connectivity index (χ3v) is 5.19. The lowest BCUT2D eigenvalue weighted by Gasteiger charge is -2.27. The van der Waals surface area contributed by atoms with E-state index in [0.29, 0.717) is 38.3 Å². The Morgan fingerprint density at radius 1 is 1.21 bits per heavy atom. The number of aromatic nitrogens is 3. The summed E-state index contributed by atoms with van der Waals surface area (Å²) in [6, 6.07) is 8.23. The van der Waals surface area contributed by atoms with E-state index >= 15 is 0 Å². The largest absolute Gasteiger partial charge is 0.419 e. The second-order valence-electron chi connectivity index (χ2n) is 7.14. The smallest absolute Gasteiger partial charge is 0.350 e. The van der Waals surface area contributed by atoms with Gasteiger partial charge in [0.25, 0.3) is 5.82 Å². The molecule has 1 fully saturated rings. The van der Waals surface area contributed by atoms with Crippen LogP contribution in [0.1, 0.15) is 24.1 Å². The molecule has 4 rings (SSSR count). The van der Waals surface area contributed by atoms with Crippen molar-refractivity contribution in [3.8, 4) is 0 Å². The maximum atomic E-state index is 12.7. The first-order chi connectivity index (χ1) is 13.9. The average molecular weight is 404 g/mol. The second kappa shape index (κ2) is 7.73. The van der Waals surface area contributed by atoms with Gasteiger partial charge in [0.05, 0.1) is 30.9 Å². The van der Waals surface area contributed by atoms with Crippen LogP contribution in [0.5, 0.6) is 0 Å². The molecule has 0 aliphatic carbocycles. The number of aromatic amines is 1. The van der Waals surface area contributed by atoms with Gasteiger partial charge < -0.3 is 9.72 Å². The fourth-order valence-corrected chi connectivity index (χ4v) is 3.57. The zero-order chi connectivity index (χ0) is 20.4. The summed E-state index contributed by atoms with van der Waals surface area (Å²) in [7, 11) is 0. The zero-order valence-corrected chi connectivity index (χ0v) is 15.6. The molecule has 0 atom stereocenters. The van der Waals surface area contributed by atoms with Gasteiger partial charge in [-0.2, -0.15) is 13.2 Å². The minimum Gasteiger partial charge on any atom is -0.350 e. The lowest BCUT2D eigenvalue weighted by atomic mass is 9.96. The fourth-order valence-electron chi connectivity index (χ4n) is 3.57. The Bertz CT molecular complexity index is 958. The van der Waals surface area contributed by atoms with Crippen LogP contribution in [-0.2, 0) is 17.5 Å². The highest BCUT2D eigenvalue weighted by molar-refractivity contribution is 5.78. The Morgan fingerprint density at radius 2 is 2.00 bits per heavy atom. The van der Waals surface area contributed by atoms with Crippen LogP contribution in [0.3, 0.4) is 0 Å². The third kappa shape index (κ3) is 4.33. The number of H-pyrrole nitrogens is 1. The summed E-state index contributed by atoms with van der Waals surface area (Å²) in [6.07, 6.45) is 1.70. The normalized spacial score (nSPS) is 15.6. The van der Waals surface area contributed by atoms with Crippen LogP contribution in [0.25, 0.3) is 5.65 Å². The quantitative estimate of drug-likeness (QED) is 0.727. The van der Waals surface area contributed by atoms with Crippen molar-refractivity contribution in [2.75, 3.05) is 18.0 Å². The number of hydrogen-bond acceptors (Lipinski definition) is 3. The van der Waals surface area contributed by atoms with Crippen molar-refractivity contribution >= 4 is 17.4 Å². The van der Waals surface area contributed by atoms with Crippen molar-refractivity contribution < 1.29 is 22.9 Å². The Labute approximate surface area is 165 Å². The van der Waals surface area contributed by atoms with E-state index in [1.807, 2.05) is 39.9 Å². The first-order valence-electron chi connectivity index (χ1n) is 9.44. The molecule has 2 N–H and O–H groups in total. The van der Waals surface area contributed by atoms with Crippen LogP contribution in [0, 0.1) is 5.92 Å². The molecule has 9 heteroatoms. The van der Waals surface area contributed by atoms with Gasteiger partial charge in [0.1, 0.15) is 11.8 Å². The molecule has 1 saturated heterocycles. The monoisotopic (exact) mass is 404 g/mol. The Morgan fingerprint density at radius 3 is 2.66 bits per heavy atom. The van der Waals surface area contributed by atoms with Crippen molar-refractivity contribution in [2.24, 2.45) is 5.92 Å². The summed E-state index contributed by atoms with van der Waals surface area (Å²) in [4.78, 5) is 21.6. The summed E-state index contributed by atoms with van der Waals surface area (Å²) in [5.41, 5.74) is 0.918. The molecule has 0 saturated carbocycles. The zero-order valence-electron chi connectivity index (χ0n) is 15.6. The molecule has 0 spiro atoms. The summed E-state index contributed by atoms with van der Waals surface area (Å²) >= 11 is 0. The Kier molecular flexibility index (Phi) is 5.12. The SMILES string of the molecule is O=C(NCc1cn2ccccc2n1)C1CCN(c2ccc(C(F)(F)F)c[nH+]2)CC1. The maximum Gasteiger partial charge on any atom is 0.419 e. The van der Waals surface area contributed by atoms with E-state index in [9.17, 15) is 18.0 Å². The van der Waals surface area contributed by atoms with Crippen molar-refractivity contribution in [3.63, 3.8) is 0 Å². The van der Waals surface area contributed by atoms with E-state index in [1.165, 1.54) is 6.07 Å². The molecule has 4 heterocycles. The molecule has 1 aliphatic rings. The van der Waals surface area contributed by atoms with E-state index in [4.69, 9.17) is 0 Å². The standard InChI is InChI=1S/C20H20F3N5O/c21-20(22,23)15-4-5-17(24-11-15)27-9-6-14(7-10-27)19(29)25-12-16-13-28-8-2-1-3-18(28)26-16/h1-5,8,11,13-14H,6-7,9-10,12H2,(H,25,29)/p+1. The first kappa shape index (κ1) is 19.2. The Hall–Kier alpha value is -3.10. The number of carbonyl (C=O) groups excluding carboxylic acids is 1. The number of pyridine rings is 2. The number of halogens is 3. The number of alkyl halides is 3. The van der Waals surface area contributed by atoms with Crippen molar-refractivity contribution in [3.05, 3.63) is 60.2 Å². The fraction of sp³-hybridized carbons (Fsp3) is 0.350. The molecule has 3 aromatic rings. The molecule has 1 amide bonds. The van der Waals surface area contributed by atoms with Crippen LogP contribution in [-0.4, -0.2) is 28.4 Å². The molecular formula is C20H21F3N5O+. The van der Waals surface area contributed by atoms with E-state index in [0.717, 1.165) is 23.6 Å². The number of amides is 1. The van der Waals surface area contributed by atoms with Crippen LogP contribution < -0.4 is 15.2 Å². The second-order valence-corrected chi connectivity index (χ2v) is 7.14. The highest BCUT2D eigenvalue weighted by Gasteiger charge is 2.33. The van der Waals surface area contributed by atoms with Crippen molar-refractivity contribution in [2.45, 2.75) is 25.6 Å². The lowest BCUT2D eigenvalue weighted by molar-refractivity contribution is -0.367. The molecule has 152 valence electrons. The molecule has 29 heavy (non-hydrogen) atoms. The van der Waals surface area contributed by atoms with Gasteiger partial charge in [0.2, 0.25) is 5.91 Å². The maximum absolute atomic E-state index is 12.7. The van der Waals surface area contributed by atoms with E-state index in [1.54, 1.807) is 0 Å². The number of anilines is 1. The number of imidazole rings is 1. The first-order valence-corrected chi connectivity index (χ1v) is 9.44. The number of rotatable bonds is 4. The van der Waals surface area contributed by atoms with E-state index in [-0.39, 0.29) is 11.8 Å². The molecule has 6 nitrogen and oxygen atoms in total. The highest BCUT2D eigenvalue weighted by Crippen LogP contribution is 2.29.